The number of aryl methyl sites for hydroxylation is 1. The summed E-state index contributed by atoms with van der Waals surface area (Å²) in [5.74, 6) is -1.27. The van der Waals surface area contributed by atoms with E-state index in [1.807, 2.05) is 0 Å². The zero-order valence-corrected chi connectivity index (χ0v) is 18.0. The lowest BCUT2D eigenvalue weighted by Gasteiger charge is -2.16. The van der Waals surface area contributed by atoms with Gasteiger partial charge in [0.25, 0.3) is 5.91 Å². The highest BCUT2D eigenvalue weighted by atomic mass is 35.5. The number of esters is 1. The molecule has 8 heteroatoms. The van der Waals surface area contributed by atoms with E-state index in [1.165, 1.54) is 6.92 Å². The average molecular weight is 423 g/mol. The lowest BCUT2D eigenvalue weighted by atomic mass is 9.96. The van der Waals surface area contributed by atoms with Gasteiger partial charge in [-0.05, 0) is 37.6 Å². The summed E-state index contributed by atoms with van der Waals surface area (Å²) in [6, 6.07) is 8.50. The predicted octanol–water partition coefficient (Wildman–Crippen LogP) is 4.88. The monoisotopic (exact) mass is 422 g/mol. The molecule has 2 rings (SSSR count). The minimum Gasteiger partial charge on any atom is -0.448 e. The molecule has 0 fully saturated rings. The number of para-hydroxylation sites is 1. The Morgan fingerprint density at radius 2 is 1.79 bits per heavy atom. The molecule has 0 spiro atoms. The second-order valence-electron chi connectivity index (χ2n) is 7.34. The van der Waals surface area contributed by atoms with E-state index in [-0.39, 0.29) is 5.91 Å². The number of hydrogen-bond acceptors (Lipinski definition) is 5. The summed E-state index contributed by atoms with van der Waals surface area (Å²) in [5, 5.41) is 6.36. The van der Waals surface area contributed by atoms with Crippen LogP contribution in [0.5, 0.6) is 0 Å². The number of benzene rings is 1. The maximum atomic E-state index is 12.5. The van der Waals surface area contributed by atoms with E-state index in [4.69, 9.17) is 16.3 Å². The molecule has 2 aromatic rings. The molecule has 6 nitrogen and oxygen atoms in total. The minimum atomic E-state index is -1.02. The number of ether oxygens (including phenoxy) is 1. The smallest absolute Gasteiger partial charge is 0.349 e. The number of anilines is 2. The fraction of sp³-hybridized carbons (Fsp3) is 0.350. The van der Waals surface area contributed by atoms with Crippen molar-refractivity contribution in [3.05, 3.63) is 45.8 Å². The first kappa shape index (κ1) is 21.9. The summed E-state index contributed by atoms with van der Waals surface area (Å²) in [4.78, 5) is 37.2. The molecule has 0 aliphatic rings. The van der Waals surface area contributed by atoms with Crippen molar-refractivity contribution in [3.8, 4) is 0 Å². The number of halogens is 1. The van der Waals surface area contributed by atoms with E-state index in [1.54, 1.807) is 58.0 Å². The van der Waals surface area contributed by atoms with Gasteiger partial charge < -0.3 is 15.4 Å². The average Bonchev–Trinajstić information content (AvgIpc) is 2.96. The highest BCUT2D eigenvalue weighted by Crippen LogP contribution is 2.29. The van der Waals surface area contributed by atoms with Crippen molar-refractivity contribution in [1.29, 1.82) is 0 Å². The van der Waals surface area contributed by atoms with Crippen LogP contribution in [0.1, 0.15) is 42.9 Å². The molecule has 0 saturated heterocycles. The van der Waals surface area contributed by atoms with E-state index in [2.05, 4.69) is 10.6 Å². The first-order chi connectivity index (χ1) is 13.0. The van der Waals surface area contributed by atoms with E-state index in [9.17, 15) is 14.4 Å². The Morgan fingerprint density at radius 3 is 2.39 bits per heavy atom. The fourth-order valence-electron chi connectivity index (χ4n) is 2.11. The number of thiophene rings is 1. The Hall–Kier alpha value is -2.38. The number of carbonyl (C=O) groups is 3. The van der Waals surface area contributed by atoms with Crippen LogP contribution in [0, 0.1) is 12.3 Å². The Balaban J connectivity index is 2.03. The first-order valence-corrected chi connectivity index (χ1v) is 9.86. The van der Waals surface area contributed by atoms with Crippen LogP contribution in [-0.2, 0) is 14.3 Å². The molecule has 1 atom stereocenters. The number of rotatable bonds is 5. The summed E-state index contributed by atoms with van der Waals surface area (Å²) in [6.07, 6.45) is -1.02. The topological polar surface area (TPSA) is 84.5 Å². The third-order valence-electron chi connectivity index (χ3n) is 3.81. The Morgan fingerprint density at radius 1 is 1.14 bits per heavy atom. The normalized spacial score (nSPS) is 12.2. The van der Waals surface area contributed by atoms with E-state index in [0.29, 0.717) is 26.2 Å². The number of amides is 2. The third kappa shape index (κ3) is 5.56. The second kappa shape index (κ2) is 8.75. The molecule has 1 aromatic heterocycles. The molecule has 28 heavy (non-hydrogen) atoms. The maximum Gasteiger partial charge on any atom is 0.349 e. The molecule has 1 heterocycles. The lowest BCUT2D eigenvalue weighted by Crippen LogP contribution is -2.30. The van der Waals surface area contributed by atoms with Crippen LogP contribution in [-0.4, -0.2) is 23.9 Å². The van der Waals surface area contributed by atoms with Gasteiger partial charge in [-0.2, -0.15) is 0 Å². The summed E-state index contributed by atoms with van der Waals surface area (Å²) in [6.45, 7) is 8.63. The van der Waals surface area contributed by atoms with Gasteiger partial charge in [0.2, 0.25) is 5.91 Å². The predicted molar refractivity (Wildman–Crippen MR) is 112 cm³/mol. The van der Waals surface area contributed by atoms with Crippen molar-refractivity contribution in [2.24, 2.45) is 5.41 Å². The molecule has 1 aromatic carbocycles. The van der Waals surface area contributed by atoms with Gasteiger partial charge in [-0.25, -0.2) is 4.79 Å². The Bertz CT molecular complexity index is 902. The second-order valence-corrected chi connectivity index (χ2v) is 8.80. The molecule has 0 aliphatic carbocycles. The fourth-order valence-corrected chi connectivity index (χ4v) is 3.24. The number of hydrogen-bond donors (Lipinski definition) is 2. The summed E-state index contributed by atoms with van der Waals surface area (Å²) < 4.78 is 5.28. The van der Waals surface area contributed by atoms with Crippen LogP contribution in [0.4, 0.5) is 10.7 Å². The van der Waals surface area contributed by atoms with Crippen molar-refractivity contribution in [2.75, 3.05) is 10.6 Å². The van der Waals surface area contributed by atoms with Crippen molar-refractivity contribution in [3.63, 3.8) is 0 Å². The number of nitrogens with one attached hydrogen (secondary N) is 2. The standard InChI is InChI=1S/C20H23ClN2O4S/c1-11-10-15(23-19(26)20(3,4)5)28-16(11)18(25)27-12(2)17(24)22-14-9-7-6-8-13(14)21/h6-10,12H,1-5H3,(H,22,24)(H,23,26). The van der Waals surface area contributed by atoms with Gasteiger partial charge in [0.1, 0.15) is 4.88 Å². The highest BCUT2D eigenvalue weighted by molar-refractivity contribution is 7.18. The van der Waals surface area contributed by atoms with Gasteiger partial charge in [0.15, 0.2) is 6.10 Å². The van der Waals surface area contributed by atoms with Gasteiger partial charge in [-0.1, -0.05) is 44.5 Å². The van der Waals surface area contributed by atoms with Gasteiger partial charge in [0.05, 0.1) is 15.7 Å². The van der Waals surface area contributed by atoms with Gasteiger partial charge in [-0.15, -0.1) is 11.3 Å². The SMILES string of the molecule is Cc1cc(NC(=O)C(C)(C)C)sc1C(=O)OC(C)C(=O)Nc1ccccc1Cl. The molecular weight excluding hydrogens is 400 g/mol. The molecule has 0 saturated carbocycles. The van der Waals surface area contributed by atoms with Crippen molar-refractivity contribution in [1.82, 2.24) is 0 Å². The van der Waals surface area contributed by atoms with Crippen LogP contribution in [0.25, 0.3) is 0 Å². The molecule has 0 aliphatic heterocycles. The third-order valence-corrected chi connectivity index (χ3v) is 5.27. The van der Waals surface area contributed by atoms with Crippen LogP contribution in [0.3, 0.4) is 0 Å². The minimum absolute atomic E-state index is 0.152. The Kier molecular flexibility index (Phi) is 6.85. The summed E-state index contributed by atoms with van der Waals surface area (Å²) >= 11 is 7.13. The van der Waals surface area contributed by atoms with Crippen LogP contribution in [0.2, 0.25) is 5.02 Å². The quantitative estimate of drug-likeness (QED) is 0.672. The van der Waals surface area contributed by atoms with E-state index >= 15 is 0 Å². The van der Waals surface area contributed by atoms with Crippen LogP contribution < -0.4 is 10.6 Å². The molecule has 2 N–H and O–H groups in total. The van der Waals surface area contributed by atoms with Crippen molar-refractivity contribution >= 4 is 51.4 Å². The Labute approximate surface area is 173 Å². The first-order valence-electron chi connectivity index (χ1n) is 8.67. The summed E-state index contributed by atoms with van der Waals surface area (Å²) in [7, 11) is 0. The maximum absolute atomic E-state index is 12.5. The molecular formula is C20H23ClN2O4S. The van der Waals surface area contributed by atoms with Gasteiger partial charge >= 0.3 is 5.97 Å². The van der Waals surface area contributed by atoms with Crippen molar-refractivity contribution in [2.45, 2.75) is 40.7 Å². The van der Waals surface area contributed by atoms with E-state index < -0.39 is 23.4 Å². The van der Waals surface area contributed by atoms with Gasteiger partial charge in [-0.3, -0.25) is 9.59 Å². The van der Waals surface area contributed by atoms with Crippen LogP contribution in [0.15, 0.2) is 30.3 Å². The summed E-state index contributed by atoms with van der Waals surface area (Å²) in [5.41, 5.74) is 0.554. The molecule has 0 bridgehead atoms. The molecule has 0 radical (unpaired) electrons. The molecule has 2 amide bonds. The van der Waals surface area contributed by atoms with Gasteiger partial charge in [0, 0.05) is 5.41 Å². The largest absolute Gasteiger partial charge is 0.448 e. The van der Waals surface area contributed by atoms with Crippen molar-refractivity contribution < 1.29 is 19.1 Å². The number of carbonyl (C=O) groups excluding carboxylic acids is 3. The molecule has 1 unspecified atom stereocenters. The van der Waals surface area contributed by atoms with E-state index in [0.717, 1.165) is 11.3 Å². The van der Waals surface area contributed by atoms with Crippen LogP contribution >= 0.6 is 22.9 Å². The lowest BCUT2D eigenvalue weighted by molar-refractivity contribution is -0.124. The zero-order chi connectivity index (χ0) is 21.1. The zero-order valence-electron chi connectivity index (χ0n) is 16.4. The highest BCUT2D eigenvalue weighted by Gasteiger charge is 2.25. The molecule has 150 valence electrons.